The molecule has 2 aromatic rings. The molecule has 0 spiro atoms. The van der Waals surface area contributed by atoms with Gasteiger partial charge >= 0.3 is 0 Å². The van der Waals surface area contributed by atoms with E-state index in [9.17, 15) is 19.8 Å². The lowest BCUT2D eigenvalue weighted by Gasteiger charge is -2.24. The molecular weight excluding hydrogens is 342 g/mol. The Labute approximate surface area is 149 Å². The fraction of sp³-hybridized carbons (Fsp3) is 0.158. The van der Waals surface area contributed by atoms with Gasteiger partial charge in [0.1, 0.15) is 5.76 Å². The highest BCUT2D eigenvalue weighted by atomic mass is 35.5. The molecule has 0 aromatic heterocycles. The number of rotatable bonds is 4. The summed E-state index contributed by atoms with van der Waals surface area (Å²) in [5.41, 5.74) is 1.09. The number of aliphatic hydroxyl groups is 2. The van der Waals surface area contributed by atoms with E-state index in [1.54, 1.807) is 48.5 Å². The Balaban J connectivity index is 2.17. The second-order valence-corrected chi connectivity index (χ2v) is 6.07. The molecule has 1 atom stereocenters. The van der Waals surface area contributed by atoms with E-state index in [0.717, 1.165) is 0 Å². The van der Waals surface area contributed by atoms with Crippen molar-refractivity contribution in [2.45, 2.75) is 6.04 Å². The molecule has 1 heterocycles. The van der Waals surface area contributed by atoms with Crippen molar-refractivity contribution in [2.24, 2.45) is 0 Å². The summed E-state index contributed by atoms with van der Waals surface area (Å²) in [7, 11) is 0. The molecule has 0 bridgehead atoms. The van der Waals surface area contributed by atoms with Crippen LogP contribution in [0.25, 0.3) is 5.76 Å². The van der Waals surface area contributed by atoms with Crippen LogP contribution in [0, 0.1) is 0 Å². The average molecular weight is 358 g/mol. The molecule has 25 heavy (non-hydrogen) atoms. The highest BCUT2D eigenvalue weighted by Crippen LogP contribution is 2.39. The smallest absolute Gasteiger partial charge is 0.295 e. The number of nitrogens with zero attached hydrogens (tertiary/aromatic N) is 1. The van der Waals surface area contributed by atoms with E-state index >= 15 is 0 Å². The van der Waals surface area contributed by atoms with Gasteiger partial charge in [-0.3, -0.25) is 9.59 Å². The number of hydrogen-bond donors (Lipinski definition) is 2. The van der Waals surface area contributed by atoms with Crippen LogP contribution < -0.4 is 0 Å². The topological polar surface area (TPSA) is 77.8 Å². The van der Waals surface area contributed by atoms with Crippen LogP contribution in [0.5, 0.6) is 0 Å². The molecule has 1 aliphatic rings. The Hall–Kier alpha value is -2.63. The van der Waals surface area contributed by atoms with Gasteiger partial charge in [0.15, 0.2) is 0 Å². The van der Waals surface area contributed by atoms with Gasteiger partial charge < -0.3 is 15.1 Å². The molecule has 1 saturated heterocycles. The Bertz CT molecular complexity index is 830. The zero-order valence-electron chi connectivity index (χ0n) is 13.2. The molecule has 1 fully saturated rings. The van der Waals surface area contributed by atoms with Crippen molar-refractivity contribution in [2.75, 3.05) is 13.2 Å². The van der Waals surface area contributed by atoms with Crippen LogP contribution in [0.4, 0.5) is 0 Å². The van der Waals surface area contributed by atoms with E-state index in [1.165, 1.54) is 4.90 Å². The van der Waals surface area contributed by atoms with Gasteiger partial charge in [0.25, 0.3) is 11.7 Å². The third kappa shape index (κ3) is 3.16. The van der Waals surface area contributed by atoms with Crippen molar-refractivity contribution in [1.29, 1.82) is 0 Å². The number of β-amino-alcohol motifs (C(OH)–C–C–N with tert-alkyl or cyclic N) is 1. The number of carbonyl (C=O) groups excluding carboxylic acids is 2. The quantitative estimate of drug-likeness (QED) is 0.501. The number of aliphatic hydroxyl groups excluding tert-OH is 2. The summed E-state index contributed by atoms with van der Waals surface area (Å²) in [5, 5.41) is 20.5. The van der Waals surface area contributed by atoms with Crippen molar-refractivity contribution in [3.63, 3.8) is 0 Å². The largest absolute Gasteiger partial charge is 0.507 e. The van der Waals surface area contributed by atoms with Gasteiger partial charge in [-0.2, -0.15) is 0 Å². The Morgan fingerprint density at radius 3 is 2.28 bits per heavy atom. The average Bonchev–Trinajstić information content (AvgIpc) is 2.88. The predicted octanol–water partition coefficient (Wildman–Crippen LogP) is 2.75. The maximum Gasteiger partial charge on any atom is 0.295 e. The number of halogens is 1. The van der Waals surface area contributed by atoms with Crippen LogP contribution in [0.3, 0.4) is 0 Å². The van der Waals surface area contributed by atoms with E-state index in [1.807, 2.05) is 6.07 Å². The van der Waals surface area contributed by atoms with Crippen molar-refractivity contribution < 1.29 is 19.8 Å². The minimum atomic E-state index is -0.769. The summed E-state index contributed by atoms with van der Waals surface area (Å²) in [4.78, 5) is 26.2. The molecule has 2 aromatic carbocycles. The first kappa shape index (κ1) is 17.2. The predicted molar refractivity (Wildman–Crippen MR) is 94.0 cm³/mol. The van der Waals surface area contributed by atoms with Gasteiger partial charge in [-0.25, -0.2) is 0 Å². The number of carbonyl (C=O) groups is 2. The van der Waals surface area contributed by atoms with Crippen LogP contribution >= 0.6 is 11.6 Å². The lowest BCUT2D eigenvalue weighted by molar-refractivity contribution is -0.140. The van der Waals surface area contributed by atoms with Crippen LogP contribution in [0.15, 0.2) is 60.2 Å². The van der Waals surface area contributed by atoms with Gasteiger partial charge in [0.05, 0.1) is 18.2 Å². The minimum absolute atomic E-state index is 0.00152. The molecule has 3 rings (SSSR count). The van der Waals surface area contributed by atoms with Gasteiger partial charge in [0, 0.05) is 17.1 Å². The fourth-order valence-corrected chi connectivity index (χ4v) is 3.09. The molecule has 1 amide bonds. The highest BCUT2D eigenvalue weighted by molar-refractivity contribution is 6.46. The Kier molecular flexibility index (Phi) is 4.88. The van der Waals surface area contributed by atoms with Crippen LogP contribution in [0.1, 0.15) is 17.2 Å². The summed E-state index contributed by atoms with van der Waals surface area (Å²) in [6.45, 7) is -0.279. The number of ketones is 1. The normalized spacial score (nSPS) is 19.4. The van der Waals surface area contributed by atoms with Gasteiger partial charge in [0.2, 0.25) is 0 Å². The zero-order chi connectivity index (χ0) is 18.0. The molecule has 2 N–H and O–H groups in total. The van der Waals surface area contributed by atoms with Crippen molar-refractivity contribution in [3.05, 3.63) is 76.3 Å². The van der Waals surface area contributed by atoms with E-state index in [4.69, 9.17) is 11.6 Å². The van der Waals surface area contributed by atoms with Gasteiger partial charge in [-0.15, -0.1) is 0 Å². The number of benzene rings is 2. The van der Waals surface area contributed by atoms with Gasteiger partial charge in [-0.05, 0) is 29.8 Å². The molecular formula is C19H16ClNO4. The standard InChI is InChI=1S/C19H16ClNO4/c20-14-8-6-13(7-9-14)17(23)15-16(12-4-2-1-3-5-12)21(10-11-22)19(25)18(15)24/h1-9,16,22-23H,10-11H2/b17-15+/t16-/m0/s1. The molecule has 6 heteroatoms. The summed E-state index contributed by atoms with van der Waals surface area (Å²) in [6, 6.07) is 14.6. The first-order valence-electron chi connectivity index (χ1n) is 7.74. The molecule has 0 aliphatic carbocycles. The van der Waals surface area contributed by atoms with Crippen LogP contribution in [-0.4, -0.2) is 40.0 Å². The Morgan fingerprint density at radius 1 is 1.04 bits per heavy atom. The third-order valence-electron chi connectivity index (χ3n) is 4.11. The monoisotopic (exact) mass is 357 g/mol. The second kappa shape index (κ2) is 7.09. The lowest BCUT2D eigenvalue weighted by atomic mass is 9.95. The van der Waals surface area contributed by atoms with Crippen LogP contribution in [0.2, 0.25) is 5.02 Å². The number of hydrogen-bond acceptors (Lipinski definition) is 4. The molecule has 0 radical (unpaired) electrons. The third-order valence-corrected chi connectivity index (χ3v) is 4.37. The molecule has 128 valence electrons. The first-order valence-corrected chi connectivity index (χ1v) is 8.12. The van der Waals surface area contributed by atoms with Gasteiger partial charge in [-0.1, -0.05) is 41.9 Å². The van der Waals surface area contributed by atoms with E-state index in [-0.39, 0.29) is 24.5 Å². The van der Waals surface area contributed by atoms with Crippen molar-refractivity contribution in [3.8, 4) is 0 Å². The zero-order valence-corrected chi connectivity index (χ0v) is 14.0. The number of amides is 1. The van der Waals surface area contributed by atoms with Crippen LogP contribution in [-0.2, 0) is 9.59 Å². The molecule has 0 saturated carbocycles. The lowest BCUT2D eigenvalue weighted by Crippen LogP contribution is -2.32. The number of Topliss-reactive ketones (excluding diaryl/α,β-unsaturated/α-hetero) is 1. The Morgan fingerprint density at radius 2 is 1.68 bits per heavy atom. The highest BCUT2D eigenvalue weighted by Gasteiger charge is 2.45. The fourth-order valence-electron chi connectivity index (χ4n) is 2.96. The van der Waals surface area contributed by atoms with Crippen molar-refractivity contribution in [1.82, 2.24) is 4.90 Å². The molecule has 1 aliphatic heterocycles. The molecule has 0 unspecified atom stereocenters. The first-order chi connectivity index (χ1) is 12.0. The van der Waals surface area contributed by atoms with E-state index in [2.05, 4.69) is 0 Å². The SMILES string of the molecule is O=C1C(=O)N(CCO)[C@@H](c2ccccc2)/C1=C(\O)c1ccc(Cl)cc1. The summed E-state index contributed by atoms with van der Waals surface area (Å²) in [5.74, 6) is -1.77. The maximum absolute atomic E-state index is 12.5. The van der Waals surface area contributed by atoms with E-state index < -0.39 is 17.7 Å². The minimum Gasteiger partial charge on any atom is -0.507 e. The summed E-state index contributed by atoms with van der Waals surface area (Å²) >= 11 is 5.86. The summed E-state index contributed by atoms with van der Waals surface area (Å²) < 4.78 is 0. The van der Waals surface area contributed by atoms with E-state index in [0.29, 0.717) is 16.1 Å². The van der Waals surface area contributed by atoms with Crippen molar-refractivity contribution >= 4 is 29.1 Å². The number of likely N-dealkylation sites (tertiary alicyclic amines) is 1. The molecule has 5 nitrogen and oxygen atoms in total. The summed E-state index contributed by atoms with van der Waals surface area (Å²) in [6.07, 6.45) is 0. The maximum atomic E-state index is 12.5. The second-order valence-electron chi connectivity index (χ2n) is 5.63.